The Balaban J connectivity index is 2.31. The second-order valence-corrected chi connectivity index (χ2v) is 4.62. The van der Waals surface area contributed by atoms with Crippen molar-refractivity contribution < 1.29 is 4.42 Å². The number of anilines is 1. The molecule has 5 heteroatoms. The van der Waals surface area contributed by atoms with Crippen molar-refractivity contribution in [3.63, 3.8) is 0 Å². The zero-order valence-electron chi connectivity index (χ0n) is 10.4. The maximum atomic E-state index is 5.72. The smallest absolute Gasteiger partial charge is 0.139 e. The predicted octanol–water partition coefficient (Wildman–Crippen LogP) is 2.25. The zero-order chi connectivity index (χ0) is 13.1. The van der Waals surface area contributed by atoms with Gasteiger partial charge in [0, 0.05) is 24.8 Å². The van der Waals surface area contributed by atoms with Crippen LogP contribution in [0.1, 0.15) is 16.8 Å². The summed E-state index contributed by atoms with van der Waals surface area (Å²) >= 11 is 5.05. The molecule has 2 heterocycles. The van der Waals surface area contributed by atoms with E-state index >= 15 is 0 Å². The monoisotopic (exact) mass is 261 g/mol. The molecule has 0 spiro atoms. The topological polar surface area (TPSA) is 55.3 Å². The van der Waals surface area contributed by atoms with Gasteiger partial charge in [0.15, 0.2) is 0 Å². The summed E-state index contributed by atoms with van der Waals surface area (Å²) in [5.41, 5.74) is 8.53. The Labute approximate surface area is 111 Å². The lowest BCUT2D eigenvalue weighted by Gasteiger charge is -2.20. The molecule has 0 unspecified atom stereocenters. The summed E-state index contributed by atoms with van der Waals surface area (Å²) in [5, 5.41) is 0. The van der Waals surface area contributed by atoms with Crippen molar-refractivity contribution in [2.45, 2.75) is 13.5 Å². The number of nitrogens with zero attached hydrogens (tertiary/aromatic N) is 2. The van der Waals surface area contributed by atoms with E-state index in [0.29, 0.717) is 11.5 Å². The molecule has 0 fully saturated rings. The lowest BCUT2D eigenvalue weighted by Crippen LogP contribution is -2.23. The van der Waals surface area contributed by atoms with Crippen molar-refractivity contribution in [2.75, 3.05) is 11.9 Å². The van der Waals surface area contributed by atoms with E-state index < -0.39 is 0 Å². The molecule has 0 bridgehead atoms. The summed E-state index contributed by atoms with van der Waals surface area (Å²) in [6.07, 6.45) is 3.37. The molecule has 2 aromatic rings. The van der Waals surface area contributed by atoms with Crippen molar-refractivity contribution in [3.8, 4) is 0 Å². The van der Waals surface area contributed by atoms with Gasteiger partial charge >= 0.3 is 0 Å². The lowest BCUT2D eigenvalue weighted by atomic mass is 10.2. The van der Waals surface area contributed by atoms with E-state index in [1.807, 2.05) is 37.1 Å². The molecule has 94 valence electrons. The minimum Gasteiger partial charge on any atom is -0.472 e. The van der Waals surface area contributed by atoms with E-state index in [1.54, 1.807) is 12.5 Å². The average molecular weight is 261 g/mol. The third-order valence-corrected chi connectivity index (χ3v) is 2.86. The summed E-state index contributed by atoms with van der Waals surface area (Å²) < 4.78 is 5.06. The molecule has 0 saturated heterocycles. The molecule has 2 rings (SSSR count). The fourth-order valence-electron chi connectivity index (χ4n) is 1.76. The Morgan fingerprint density at radius 2 is 2.22 bits per heavy atom. The van der Waals surface area contributed by atoms with Gasteiger partial charge in [0.25, 0.3) is 0 Å². The molecule has 2 N–H and O–H groups in total. The maximum absolute atomic E-state index is 5.72. The molecular weight excluding hydrogens is 246 g/mol. The Morgan fingerprint density at radius 1 is 1.44 bits per heavy atom. The maximum Gasteiger partial charge on any atom is 0.139 e. The molecule has 0 aliphatic heterocycles. The normalized spacial score (nSPS) is 10.3. The summed E-state index contributed by atoms with van der Waals surface area (Å²) in [5.74, 6) is 0.795. The first-order valence-electron chi connectivity index (χ1n) is 5.57. The van der Waals surface area contributed by atoms with Crippen molar-refractivity contribution in [2.24, 2.45) is 5.73 Å². The predicted molar refractivity (Wildman–Crippen MR) is 75.7 cm³/mol. The Hall–Kier alpha value is -1.88. The largest absolute Gasteiger partial charge is 0.472 e. The van der Waals surface area contributed by atoms with Gasteiger partial charge in [-0.15, -0.1) is 0 Å². The van der Waals surface area contributed by atoms with Crippen LogP contribution >= 0.6 is 12.2 Å². The standard InChI is InChI=1S/C13H15N3OS/c1-9-3-4-11(12(14)18)13(15-9)16(2)7-10-5-6-17-8-10/h3-6,8H,7H2,1-2H3,(H2,14,18). The minimum absolute atomic E-state index is 0.358. The number of hydrogen-bond acceptors (Lipinski definition) is 4. The molecule has 0 aliphatic carbocycles. The molecule has 0 radical (unpaired) electrons. The third-order valence-electron chi connectivity index (χ3n) is 2.64. The van der Waals surface area contributed by atoms with Crippen LogP contribution in [-0.2, 0) is 6.54 Å². The van der Waals surface area contributed by atoms with Gasteiger partial charge < -0.3 is 15.1 Å². The van der Waals surface area contributed by atoms with Gasteiger partial charge in [0.1, 0.15) is 10.8 Å². The number of furan rings is 1. The van der Waals surface area contributed by atoms with Crippen molar-refractivity contribution in [1.82, 2.24) is 4.98 Å². The summed E-state index contributed by atoms with van der Waals surface area (Å²) in [6, 6.07) is 5.74. The summed E-state index contributed by atoms with van der Waals surface area (Å²) in [7, 11) is 1.95. The van der Waals surface area contributed by atoms with Crippen molar-refractivity contribution in [3.05, 3.63) is 47.5 Å². The van der Waals surface area contributed by atoms with Gasteiger partial charge in [0.2, 0.25) is 0 Å². The first kappa shape index (κ1) is 12.6. The molecule has 4 nitrogen and oxygen atoms in total. The Morgan fingerprint density at radius 3 is 2.83 bits per heavy atom. The second-order valence-electron chi connectivity index (χ2n) is 4.18. The minimum atomic E-state index is 0.358. The van der Waals surface area contributed by atoms with Gasteiger partial charge in [-0.1, -0.05) is 12.2 Å². The van der Waals surface area contributed by atoms with Crippen LogP contribution in [-0.4, -0.2) is 17.0 Å². The number of hydrogen-bond donors (Lipinski definition) is 1. The first-order chi connectivity index (χ1) is 8.58. The van der Waals surface area contributed by atoms with Crippen molar-refractivity contribution in [1.29, 1.82) is 0 Å². The van der Waals surface area contributed by atoms with E-state index in [4.69, 9.17) is 22.4 Å². The van der Waals surface area contributed by atoms with E-state index in [1.165, 1.54) is 0 Å². The molecule has 0 saturated carbocycles. The molecule has 0 atom stereocenters. The molecule has 0 amide bonds. The highest BCUT2D eigenvalue weighted by Crippen LogP contribution is 2.19. The third kappa shape index (κ3) is 2.68. The number of thiocarbonyl (C=S) groups is 1. The van der Waals surface area contributed by atoms with Gasteiger partial charge in [-0.05, 0) is 25.1 Å². The van der Waals surface area contributed by atoms with Crippen LogP contribution in [0.25, 0.3) is 0 Å². The number of aryl methyl sites for hydroxylation is 1. The number of nitrogens with two attached hydrogens (primary N) is 1. The van der Waals surface area contributed by atoms with Gasteiger partial charge in [-0.2, -0.15) is 0 Å². The fourth-order valence-corrected chi connectivity index (χ4v) is 1.92. The van der Waals surface area contributed by atoms with E-state index in [2.05, 4.69) is 4.98 Å². The van der Waals surface area contributed by atoms with Crippen molar-refractivity contribution >= 4 is 23.0 Å². The van der Waals surface area contributed by atoms with Gasteiger partial charge in [0.05, 0.1) is 18.1 Å². The van der Waals surface area contributed by atoms with E-state index in [-0.39, 0.29) is 0 Å². The quantitative estimate of drug-likeness (QED) is 0.855. The van der Waals surface area contributed by atoms with Crippen LogP contribution in [0.2, 0.25) is 0 Å². The highest BCUT2D eigenvalue weighted by atomic mass is 32.1. The number of pyridine rings is 1. The molecule has 0 aliphatic rings. The van der Waals surface area contributed by atoms with E-state index in [0.717, 1.165) is 22.6 Å². The SMILES string of the molecule is Cc1ccc(C(N)=S)c(N(C)Cc2ccoc2)n1. The van der Waals surface area contributed by atoms with Crippen LogP contribution in [0, 0.1) is 6.92 Å². The van der Waals surface area contributed by atoms with Crippen LogP contribution in [0.4, 0.5) is 5.82 Å². The fraction of sp³-hybridized carbons (Fsp3) is 0.231. The van der Waals surface area contributed by atoms with E-state index in [9.17, 15) is 0 Å². The first-order valence-corrected chi connectivity index (χ1v) is 5.98. The van der Waals surface area contributed by atoms with Crippen LogP contribution in [0.15, 0.2) is 35.1 Å². The molecular formula is C13H15N3OS. The van der Waals surface area contributed by atoms with Gasteiger partial charge in [-0.25, -0.2) is 4.98 Å². The molecule has 18 heavy (non-hydrogen) atoms. The molecule has 0 aromatic carbocycles. The Bertz CT molecular complexity index is 551. The van der Waals surface area contributed by atoms with Crippen LogP contribution < -0.4 is 10.6 Å². The molecule has 2 aromatic heterocycles. The zero-order valence-corrected chi connectivity index (χ0v) is 11.2. The second kappa shape index (κ2) is 5.18. The summed E-state index contributed by atoms with van der Waals surface area (Å²) in [4.78, 5) is 6.87. The number of rotatable bonds is 4. The number of aromatic nitrogens is 1. The van der Waals surface area contributed by atoms with Crippen LogP contribution in [0.3, 0.4) is 0 Å². The average Bonchev–Trinajstić information content (AvgIpc) is 2.81. The highest BCUT2D eigenvalue weighted by molar-refractivity contribution is 7.80. The Kier molecular flexibility index (Phi) is 3.62. The van der Waals surface area contributed by atoms with Crippen LogP contribution in [0.5, 0.6) is 0 Å². The lowest BCUT2D eigenvalue weighted by molar-refractivity contribution is 0.563. The highest BCUT2D eigenvalue weighted by Gasteiger charge is 2.12. The van der Waals surface area contributed by atoms with Gasteiger partial charge in [-0.3, -0.25) is 0 Å². The summed E-state index contributed by atoms with van der Waals surface area (Å²) in [6.45, 7) is 2.64.